The average molecular weight is 392 g/mol. The van der Waals surface area contributed by atoms with Crippen molar-refractivity contribution in [2.75, 3.05) is 11.9 Å². The molecule has 4 aromatic rings. The summed E-state index contributed by atoms with van der Waals surface area (Å²) in [5.41, 5.74) is 2.57. The number of carbonyl (C=O) groups is 2. The molecule has 4 rings (SSSR count). The van der Waals surface area contributed by atoms with Crippen LogP contribution >= 0.6 is 11.3 Å². The molecule has 0 atom stereocenters. The Morgan fingerprint density at radius 3 is 2.68 bits per heavy atom. The number of fused-ring (bicyclic) bond motifs is 1. The van der Waals surface area contributed by atoms with Gasteiger partial charge in [-0.25, -0.2) is 4.98 Å². The number of anilines is 2. The van der Waals surface area contributed by atoms with E-state index in [1.807, 2.05) is 29.6 Å². The number of nitrogens with one attached hydrogen (secondary N) is 2. The average Bonchev–Trinajstić information content (AvgIpc) is 3.36. The first-order valence-corrected chi connectivity index (χ1v) is 9.38. The minimum Gasteiger partial charge on any atom is -0.345 e. The van der Waals surface area contributed by atoms with Crippen LogP contribution in [0, 0.1) is 0 Å². The van der Waals surface area contributed by atoms with Crippen LogP contribution in [-0.2, 0) is 4.79 Å². The third-order valence-electron chi connectivity index (χ3n) is 4.00. The van der Waals surface area contributed by atoms with E-state index in [1.54, 1.807) is 28.9 Å². The quantitative estimate of drug-likeness (QED) is 0.523. The lowest BCUT2D eigenvalue weighted by atomic mass is 10.2. The molecule has 140 valence electrons. The number of thiazole rings is 1. The molecule has 2 N–H and O–H groups in total. The summed E-state index contributed by atoms with van der Waals surface area (Å²) in [6.07, 6.45) is 3.54. The highest BCUT2D eigenvalue weighted by Crippen LogP contribution is 2.24. The second kappa shape index (κ2) is 7.57. The maximum Gasteiger partial charge on any atom is 0.255 e. The van der Waals surface area contributed by atoms with Crippen LogP contribution in [0.3, 0.4) is 0 Å². The normalized spacial score (nSPS) is 10.8. The maximum absolute atomic E-state index is 12.3. The van der Waals surface area contributed by atoms with Crippen molar-refractivity contribution < 1.29 is 9.59 Å². The first-order valence-electron chi connectivity index (χ1n) is 8.50. The van der Waals surface area contributed by atoms with Crippen LogP contribution < -0.4 is 10.6 Å². The van der Waals surface area contributed by atoms with Crippen molar-refractivity contribution in [3.63, 3.8) is 0 Å². The molecule has 0 aliphatic rings. The molecule has 0 fully saturated rings. The monoisotopic (exact) mass is 392 g/mol. The van der Waals surface area contributed by atoms with Crippen molar-refractivity contribution in [2.45, 2.75) is 6.92 Å². The molecule has 0 saturated carbocycles. The number of hydrogen-bond donors (Lipinski definition) is 2. The number of Topliss-reactive ketones (excluding diaryl/α,β-unsaturated/α-hetero) is 1. The van der Waals surface area contributed by atoms with Gasteiger partial charge < -0.3 is 10.6 Å². The summed E-state index contributed by atoms with van der Waals surface area (Å²) >= 11 is 1.52. The van der Waals surface area contributed by atoms with Gasteiger partial charge in [0, 0.05) is 29.0 Å². The fraction of sp³-hybridized carbons (Fsp3) is 0.105. The molecule has 0 bridgehead atoms. The van der Waals surface area contributed by atoms with Gasteiger partial charge in [0.15, 0.2) is 16.6 Å². The van der Waals surface area contributed by atoms with E-state index >= 15 is 0 Å². The number of rotatable bonds is 6. The Hall–Kier alpha value is -3.59. The van der Waals surface area contributed by atoms with E-state index in [1.165, 1.54) is 18.3 Å². The lowest BCUT2D eigenvalue weighted by molar-refractivity contribution is -0.116. The lowest BCUT2D eigenvalue weighted by Gasteiger charge is -2.06. The third-order valence-corrected chi connectivity index (χ3v) is 4.69. The molecule has 1 amide bonds. The molecule has 0 radical (unpaired) electrons. The van der Waals surface area contributed by atoms with Crippen molar-refractivity contribution in [3.05, 3.63) is 59.7 Å². The molecular weight excluding hydrogens is 376 g/mol. The first kappa shape index (κ1) is 17.8. The van der Waals surface area contributed by atoms with Crippen LogP contribution in [0.15, 0.2) is 54.2 Å². The summed E-state index contributed by atoms with van der Waals surface area (Å²) < 4.78 is 1.76. The largest absolute Gasteiger partial charge is 0.345 e. The third kappa shape index (κ3) is 3.60. The second-order valence-electron chi connectivity index (χ2n) is 6.06. The van der Waals surface area contributed by atoms with E-state index < -0.39 is 0 Å². The Morgan fingerprint density at radius 1 is 1.14 bits per heavy atom. The SMILES string of the molecule is CC(=O)CNC(=O)c1cccn2c(-c3ccc(Nc4nccs4)cc3)nnc12. The van der Waals surface area contributed by atoms with Gasteiger partial charge in [-0.15, -0.1) is 21.5 Å². The fourth-order valence-corrected chi connectivity index (χ4v) is 3.25. The highest BCUT2D eigenvalue weighted by molar-refractivity contribution is 7.13. The van der Waals surface area contributed by atoms with Crippen molar-refractivity contribution >= 4 is 39.5 Å². The van der Waals surface area contributed by atoms with Gasteiger partial charge in [-0.3, -0.25) is 14.0 Å². The van der Waals surface area contributed by atoms with Crippen molar-refractivity contribution in [2.24, 2.45) is 0 Å². The van der Waals surface area contributed by atoms with Crippen LogP contribution in [0.5, 0.6) is 0 Å². The van der Waals surface area contributed by atoms with Gasteiger partial charge in [0.05, 0.1) is 12.1 Å². The molecule has 0 saturated heterocycles. The summed E-state index contributed by atoms with van der Waals surface area (Å²) in [5.74, 6) is 0.147. The number of benzene rings is 1. The Morgan fingerprint density at radius 2 is 1.96 bits per heavy atom. The standard InChI is InChI=1S/C19H16N6O2S/c1-12(26)11-21-18(27)15-3-2-9-25-16(23-24-17(15)25)13-4-6-14(7-5-13)22-19-20-8-10-28-19/h2-10H,11H2,1H3,(H,20,22)(H,21,27). The molecule has 8 nitrogen and oxygen atoms in total. The number of aromatic nitrogens is 4. The zero-order valence-corrected chi connectivity index (χ0v) is 15.7. The molecule has 3 heterocycles. The second-order valence-corrected chi connectivity index (χ2v) is 6.96. The van der Waals surface area contributed by atoms with Gasteiger partial charge in [-0.05, 0) is 43.3 Å². The van der Waals surface area contributed by atoms with Crippen LogP contribution in [0.2, 0.25) is 0 Å². The van der Waals surface area contributed by atoms with Gasteiger partial charge in [0.2, 0.25) is 0 Å². The first-order chi connectivity index (χ1) is 13.6. The molecule has 0 unspecified atom stereocenters. The predicted molar refractivity (Wildman–Crippen MR) is 107 cm³/mol. The maximum atomic E-state index is 12.3. The lowest BCUT2D eigenvalue weighted by Crippen LogP contribution is -2.28. The molecule has 0 aliphatic carbocycles. The van der Waals surface area contributed by atoms with E-state index in [2.05, 4.69) is 25.8 Å². The van der Waals surface area contributed by atoms with Crippen LogP contribution in [0.25, 0.3) is 17.0 Å². The van der Waals surface area contributed by atoms with Crippen molar-refractivity contribution in [1.29, 1.82) is 0 Å². The zero-order chi connectivity index (χ0) is 19.5. The summed E-state index contributed by atoms with van der Waals surface area (Å²) in [6.45, 7) is 1.40. The van der Waals surface area contributed by atoms with E-state index in [0.29, 0.717) is 17.0 Å². The Balaban J connectivity index is 1.62. The van der Waals surface area contributed by atoms with Gasteiger partial charge in [0.1, 0.15) is 5.78 Å². The molecule has 0 aliphatic heterocycles. The molecule has 0 spiro atoms. The zero-order valence-electron chi connectivity index (χ0n) is 14.9. The Labute approximate surface area is 164 Å². The van der Waals surface area contributed by atoms with E-state index in [9.17, 15) is 9.59 Å². The van der Waals surface area contributed by atoms with E-state index in [4.69, 9.17) is 0 Å². The molecule has 3 aromatic heterocycles. The molecule has 9 heteroatoms. The van der Waals surface area contributed by atoms with E-state index in [0.717, 1.165) is 16.4 Å². The number of nitrogens with zero attached hydrogens (tertiary/aromatic N) is 4. The molecule has 1 aromatic carbocycles. The Kier molecular flexibility index (Phi) is 4.81. The highest BCUT2D eigenvalue weighted by Gasteiger charge is 2.16. The van der Waals surface area contributed by atoms with Gasteiger partial charge in [-0.1, -0.05) is 0 Å². The van der Waals surface area contributed by atoms with E-state index in [-0.39, 0.29) is 18.2 Å². The number of hydrogen-bond acceptors (Lipinski definition) is 7. The number of amides is 1. The number of carbonyl (C=O) groups excluding carboxylic acids is 2. The van der Waals surface area contributed by atoms with Gasteiger partial charge in [-0.2, -0.15) is 0 Å². The van der Waals surface area contributed by atoms with Crippen molar-refractivity contribution in [1.82, 2.24) is 24.9 Å². The van der Waals surface area contributed by atoms with Gasteiger partial charge in [0.25, 0.3) is 5.91 Å². The topological polar surface area (TPSA) is 101 Å². The summed E-state index contributed by atoms with van der Waals surface area (Å²) in [4.78, 5) is 27.6. The van der Waals surface area contributed by atoms with Crippen LogP contribution in [0.4, 0.5) is 10.8 Å². The van der Waals surface area contributed by atoms with Crippen molar-refractivity contribution in [3.8, 4) is 11.4 Å². The summed E-state index contributed by atoms with van der Waals surface area (Å²) in [7, 11) is 0. The smallest absolute Gasteiger partial charge is 0.255 e. The number of ketones is 1. The molecule has 28 heavy (non-hydrogen) atoms. The highest BCUT2D eigenvalue weighted by atomic mass is 32.1. The minimum absolute atomic E-state index is 0.0194. The Bertz CT molecular complexity index is 1140. The van der Waals surface area contributed by atoms with Crippen LogP contribution in [-0.4, -0.2) is 37.8 Å². The molecular formula is C19H16N6O2S. The fourth-order valence-electron chi connectivity index (χ4n) is 2.70. The predicted octanol–water partition coefficient (Wildman–Crippen LogP) is 2.92. The van der Waals surface area contributed by atoms with Crippen LogP contribution in [0.1, 0.15) is 17.3 Å². The summed E-state index contributed by atoms with van der Waals surface area (Å²) in [5, 5.41) is 17.0. The minimum atomic E-state index is -0.359. The van der Waals surface area contributed by atoms with Gasteiger partial charge >= 0.3 is 0 Å². The number of pyridine rings is 1. The summed E-state index contributed by atoms with van der Waals surface area (Å²) in [6, 6.07) is 11.1.